The molecule has 8 aromatic carbocycles. The van der Waals surface area contributed by atoms with Crippen LogP contribution in [0.3, 0.4) is 0 Å². The van der Waals surface area contributed by atoms with E-state index in [1.165, 1.54) is 104 Å². The van der Waals surface area contributed by atoms with Crippen LogP contribution in [-0.4, -0.2) is 4.98 Å². The van der Waals surface area contributed by atoms with Crippen LogP contribution < -0.4 is 0 Å². The van der Waals surface area contributed by atoms with E-state index in [2.05, 4.69) is 117 Å². The van der Waals surface area contributed by atoms with Crippen molar-refractivity contribution in [2.75, 3.05) is 0 Å². The van der Waals surface area contributed by atoms with Gasteiger partial charge in [0.25, 0.3) is 0 Å². The third-order valence-corrected chi connectivity index (χ3v) is 9.57. The Labute approximate surface area is 243 Å². The molecule has 1 aliphatic rings. The lowest BCUT2D eigenvalue weighted by Crippen LogP contribution is -1.91. The third kappa shape index (κ3) is 2.80. The van der Waals surface area contributed by atoms with Crippen LogP contribution in [0.2, 0.25) is 0 Å². The van der Waals surface area contributed by atoms with E-state index >= 15 is 0 Å². The molecule has 9 aromatic rings. The monoisotopic (exact) mass is 531 g/mol. The summed E-state index contributed by atoms with van der Waals surface area (Å²) in [6.45, 7) is 4.43. The van der Waals surface area contributed by atoms with Gasteiger partial charge in [-0.1, -0.05) is 72.8 Å². The first kappa shape index (κ1) is 22.4. The quantitative estimate of drug-likeness (QED) is 0.152. The zero-order valence-corrected chi connectivity index (χ0v) is 23.4. The summed E-state index contributed by atoms with van der Waals surface area (Å²) in [5, 5.41) is 15.8. The Hall–Kier alpha value is -5.27. The molecule has 0 bridgehead atoms. The van der Waals surface area contributed by atoms with Gasteiger partial charge in [-0.25, -0.2) is 0 Å². The van der Waals surface area contributed by atoms with Crippen LogP contribution in [-0.2, 0) is 0 Å². The van der Waals surface area contributed by atoms with Crippen molar-refractivity contribution in [2.45, 2.75) is 13.8 Å². The Morgan fingerprint density at radius 1 is 0.381 bits per heavy atom. The highest BCUT2D eigenvalue weighted by Gasteiger charge is 2.25. The van der Waals surface area contributed by atoms with Gasteiger partial charge in [0.05, 0.1) is 5.69 Å². The topological polar surface area (TPSA) is 12.9 Å². The smallest absolute Gasteiger partial charge is 0.0708 e. The second kappa shape index (κ2) is 7.72. The van der Waals surface area contributed by atoms with Crippen LogP contribution in [0, 0.1) is 13.8 Å². The van der Waals surface area contributed by atoms with Crippen molar-refractivity contribution in [3.05, 3.63) is 127 Å². The molecule has 0 radical (unpaired) electrons. The zero-order valence-electron chi connectivity index (χ0n) is 23.4. The zero-order chi connectivity index (χ0) is 27.7. The summed E-state index contributed by atoms with van der Waals surface area (Å²) in [6.07, 6.45) is 1.91. The van der Waals surface area contributed by atoms with Crippen molar-refractivity contribution < 1.29 is 0 Å². The molecular formula is C41H25N. The van der Waals surface area contributed by atoms with Crippen molar-refractivity contribution >= 4 is 64.6 Å². The predicted octanol–water partition coefficient (Wildman–Crippen LogP) is 11.4. The Kier molecular flexibility index (Phi) is 4.12. The molecule has 0 N–H and O–H groups in total. The number of pyridine rings is 1. The first-order chi connectivity index (χ1) is 20.6. The minimum absolute atomic E-state index is 1.01. The van der Waals surface area contributed by atoms with Crippen molar-refractivity contribution in [1.82, 2.24) is 4.98 Å². The molecule has 1 heterocycles. The van der Waals surface area contributed by atoms with Crippen LogP contribution >= 0.6 is 0 Å². The standard InChI is InChI=1S/C41H25N/c1-22-14-27-15-23(2)17-37-34-20-32-31(19-33(34)36(16-22)40(27)37)29-18-26-10-9-24-6-5-7-25-11-12-28(41(26)39(24)25)30(29)21-35(32)38-8-3-4-13-42-38/h3-21H,1-2H3. The Balaban J connectivity index is 1.43. The van der Waals surface area contributed by atoms with E-state index in [-0.39, 0.29) is 0 Å². The van der Waals surface area contributed by atoms with Gasteiger partial charge in [0, 0.05) is 11.8 Å². The molecule has 0 atom stereocenters. The van der Waals surface area contributed by atoms with Crippen LogP contribution in [0.4, 0.5) is 0 Å². The van der Waals surface area contributed by atoms with E-state index in [1.807, 2.05) is 12.3 Å². The largest absolute Gasteiger partial charge is 0.256 e. The number of fused-ring (bicyclic) bond motifs is 7. The number of aromatic nitrogens is 1. The van der Waals surface area contributed by atoms with Gasteiger partial charge in [-0.15, -0.1) is 0 Å². The molecule has 194 valence electrons. The van der Waals surface area contributed by atoms with Crippen LogP contribution in [0.1, 0.15) is 11.1 Å². The van der Waals surface area contributed by atoms with Crippen molar-refractivity contribution in [3.63, 3.8) is 0 Å². The number of rotatable bonds is 1. The fourth-order valence-corrected chi connectivity index (χ4v) is 7.90. The summed E-state index contributed by atoms with van der Waals surface area (Å²) >= 11 is 0. The Morgan fingerprint density at radius 2 is 1.02 bits per heavy atom. The van der Waals surface area contributed by atoms with E-state index in [1.54, 1.807) is 0 Å². The number of nitrogens with zero attached hydrogens (tertiary/aromatic N) is 1. The van der Waals surface area contributed by atoms with E-state index in [4.69, 9.17) is 4.98 Å². The molecule has 1 nitrogen and oxygen atoms in total. The molecule has 1 aromatic heterocycles. The molecule has 42 heavy (non-hydrogen) atoms. The van der Waals surface area contributed by atoms with Gasteiger partial charge >= 0.3 is 0 Å². The van der Waals surface area contributed by atoms with Crippen molar-refractivity contribution in [3.8, 4) is 33.5 Å². The molecular weight excluding hydrogens is 506 g/mol. The van der Waals surface area contributed by atoms with E-state index in [0.717, 1.165) is 5.69 Å². The molecule has 10 rings (SSSR count). The summed E-state index contributed by atoms with van der Waals surface area (Å²) in [6, 6.07) is 41.2. The molecule has 1 heteroatoms. The van der Waals surface area contributed by atoms with Crippen molar-refractivity contribution in [2.24, 2.45) is 0 Å². The maximum Gasteiger partial charge on any atom is 0.0708 e. The summed E-state index contributed by atoms with van der Waals surface area (Å²) in [5.41, 5.74) is 10.2. The maximum atomic E-state index is 4.87. The molecule has 0 amide bonds. The van der Waals surface area contributed by atoms with E-state index < -0.39 is 0 Å². The molecule has 0 unspecified atom stereocenters. The summed E-state index contributed by atoms with van der Waals surface area (Å²) < 4.78 is 0. The number of hydrogen-bond acceptors (Lipinski definition) is 1. The average molecular weight is 532 g/mol. The molecule has 0 fully saturated rings. The van der Waals surface area contributed by atoms with Gasteiger partial charge in [-0.05, 0) is 148 Å². The van der Waals surface area contributed by atoms with Crippen molar-refractivity contribution in [1.29, 1.82) is 0 Å². The van der Waals surface area contributed by atoms with Crippen LogP contribution in [0.25, 0.3) is 98.1 Å². The number of hydrogen-bond donors (Lipinski definition) is 0. The minimum Gasteiger partial charge on any atom is -0.256 e. The molecule has 0 spiro atoms. The lowest BCUT2D eigenvalue weighted by atomic mass is 9.86. The number of benzene rings is 8. The SMILES string of the molecule is Cc1cc2c3c(cc(C)cc3c1)-c1cc3c(cc1-2)c(-c1ccccn1)cc1c3cc2ccc3cccc4ccc1c2c34. The second-order valence-corrected chi connectivity index (χ2v) is 12.1. The Morgan fingerprint density at radius 3 is 1.76 bits per heavy atom. The first-order valence-corrected chi connectivity index (χ1v) is 14.7. The lowest BCUT2D eigenvalue weighted by molar-refractivity contribution is 1.33. The number of aryl methyl sites for hydroxylation is 2. The molecule has 1 aliphatic carbocycles. The molecule has 0 saturated carbocycles. The molecule has 0 aliphatic heterocycles. The normalized spacial score (nSPS) is 12.5. The van der Waals surface area contributed by atoms with Gasteiger partial charge in [0.1, 0.15) is 0 Å². The maximum absolute atomic E-state index is 4.87. The highest BCUT2D eigenvalue weighted by molar-refractivity contribution is 6.33. The summed E-state index contributed by atoms with van der Waals surface area (Å²) in [5.74, 6) is 0. The second-order valence-electron chi connectivity index (χ2n) is 12.1. The summed E-state index contributed by atoms with van der Waals surface area (Å²) in [4.78, 5) is 4.87. The first-order valence-electron chi connectivity index (χ1n) is 14.7. The average Bonchev–Trinajstić information content (AvgIpc) is 3.31. The minimum atomic E-state index is 1.01. The van der Waals surface area contributed by atoms with Gasteiger partial charge in [-0.2, -0.15) is 0 Å². The third-order valence-electron chi connectivity index (χ3n) is 9.57. The molecule has 0 saturated heterocycles. The summed E-state index contributed by atoms with van der Waals surface area (Å²) in [7, 11) is 0. The fourth-order valence-electron chi connectivity index (χ4n) is 7.90. The lowest BCUT2D eigenvalue weighted by Gasteiger charge is -2.17. The van der Waals surface area contributed by atoms with Gasteiger partial charge < -0.3 is 0 Å². The fraction of sp³-hybridized carbons (Fsp3) is 0.0488. The van der Waals surface area contributed by atoms with Crippen LogP contribution in [0.15, 0.2) is 115 Å². The van der Waals surface area contributed by atoms with E-state index in [0.29, 0.717) is 0 Å². The van der Waals surface area contributed by atoms with Gasteiger partial charge in [-0.3, -0.25) is 4.98 Å². The highest BCUT2D eigenvalue weighted by Crippen LogP contribution is 2.52. The predicted molar refractivity (Wildman–Crippen MR) is 180 cm³/mol. The highest BCUT2D eigenvalue weighted by atomic mass is 14.7. The van der Waals surface area contributed by atoms with Crippen LogP contribution in [0.5, 0.6) is 0 Å². The van der Waals surface area contributed by atoms with Gasteiger partial charge in [0.2, 0.25) is 0 Å². The van der Waals surface area contributed by atoms with Gasteiger partial charge in [0.15, 0.2) is 0 Å². The van der Waals surface area contributed by atoms with E-state index in [9.17, 15) is 0 Å². The Bertz CT molecular complexity index is 2600.